The van der Waals surface area contributed by atoms with E-state index in [1.54, 1.807) is 12.1 Å². The summed E-state index contributed by atoms with van der Waals surface area (Å²) in [5.41, 5.74) is 3.03. The number of rotatable bonds is 2. The van der Waals surface area contributed by atoms with Gasteiger partial charge in [0, 0.05) is 18.3 Å². The van der Waals surface area contributed by atoms with Gasteiger partial charge in [-0.1, -0.05) is 12.1 Å². The molecule has 2 aromatic rings. The van der Waals surface area contributed by atoms with E-state index in [4.69, 9.17) is 0 Å². The molecule has 1 aromatic carbocycles. The molecule has 0 spiro atoms. The fourth-order valence-corrected chi connectivity index (χ4v) is 2.62. The highest BCUT2D eigenvalue weighted by Crippen LogP contribution is 2.32. The zero-order valence-corrected chi connectivity index (χ0v) is 10.4. The molecule has 3 nitrogen and oxygen atoms in total. The molecule has 1 aliphatic rings. The Morgan fingerprint density at radius 1 is 1.39 bits per heavy atom. The average molecular weight is 245 g/mol. The SMILES string of the molecule is Cn1ncc2c1CCCC2Nc1ccccc1F. The molecular weight excluding hydrogens is 229 g/mol. The number of halogens is 1. The number of hydrogen-bond acceptors (Lipinski definition) is 2. The summed E-state index contributed by atoms with van der Waals surface area (Å²) < 4.78 is 15.6. The Labute approximate surface area is 106 Å². The van der Waals surface area contributed by atoms with Crippen molar-refractivity contribution in [3.8, 4) is 0 Å². The van der Waals surface area contributed by atoms with E-state index in [-0.39, 0.29) is 11.9 Å². The van der Waals surface area contributed by atoms with Crippen molar-refractivity contribution in [2.45, 2.75) is 25.3 Å². The summed E-state index contributed by atoms with van der Waals surface area (Å²) in [5, 5.41) is 7.59. The molecule has 1 atom stereocenters. The minimum Gasteiger partial charge on any atom is -0.376 e. The topological polar surface area (TPSA) is 29.9 Å². The molecular formula is C14H16FN3. The van der Waals surface area contributed by atoms with E-state index in [1.807, 2.05) is 24.0 Å². The van der Waals surface area contributed by atoms with E-state index in [9.17, 15) is 4.39 Å². The van der Waals surface area contributed by atoms with Crippen molar-refractivity contribution in [3.63, 3.8) is 0 Å². The maximum absolute atomic E-state index is 13.6. The van der Waals surface area contributed by atoms with Gasteiger partial charge in [-0.15, -0.1) is 0 Å². The van der Waals surface area contributed by atoms with Gasteiger partial charge in [0.15, 0.2) is 0 Å². The van der Waals surface area contributed by atoms with Crippen LogP contribution in [-0.4, -0.2) is 9.78 Å². The summed E-state index contributed by atoms with van der Waals surface area (Å²) in [7, 11) is 1.96. The number of para-hydroxylation sites is 1. The van der Waals surface area contributed by atoms with E-state index in [0.29, 0.717) is 5.69 Å². The van der Waals surface area contributed by atoms with Gasteiger partial charge >= 0.3 is 0 Å². The van der Waals surface area contributed by atoms with E-state index < -0.39 is 0 Å². The molecule has 0 fully saturated rings. The molecule has 1 aromatic heterocycles. The van der Waals surface area contributed by atoms with Crippen molar-refractivity contribution in [2.24, 2.45) is 7.05 Å². The van der Waals surface area contributed by atoms with Gasteiger partial charge in [0.25, 0.3) is 0 Å². The molecule has 0 saturated heterocycles. The third-order valence-corrected chi connectivity index (χ3v) is 3.58. The van der Waals surface area contributed by atoms with E-state index in [0.717, 1.165) is 19.3 Å². The minimum atomic E-state index is -0.200. The lowest BCUT2D eigenvalue weighted by atomic mass is 9.93. The highest BCUT2D eigenvalue weighted by atomic mass is 19.1. The highest BCUT2D eigenvalue weighted by molar-refractivity contribution is 5.47. The second-order valence-electron chi connectivity index (χ2n) is 4.74. The van der Waals surface area contributed by atoms with E-state index in [1.165, 1.54) is 17.3 Å². The summed E-state index contributed by atoms with van der Waals surface area (Å²) in [5.74, 6) is -0.200. The summed E-state index contributed by atoms with van der Waals surface area (Å²) in [4.78, 5) is 0. The number of aryl methyl sites for hydroxylation is 1. The summed E-state index contributed by atoms with van der Waals surface area (Å²) in [6, 6.07) is 6.98. The number of hydrogen-bond donors (Lipinski definition) is 1. The summed E-state index contributed by atoms with van der Waals surface area (Å²) >= 11 is 0. The molecule has 4 heteroatoms. The standard InChI is InChI=1S/C14H16FN3/c1-18-14-8-4-7-12(10(14)9-16-18)17-13-6-3-2-5-11(13)15/h2-3,5-6,9,12,17H,4,7-8H2,1H3. The molecule has 0 bridgehead atoms. The second kappa shape index (κ2) is 4.44. The Morgan fingerprint density at radius 2 is 2.22 bits per heavy atom. The van der Waals surface area contributed by atoms with Gasteiger partial charge in [-0.05, 0) is 31.4 Å². The van der Waals surface area contributed by atoms with Crippen LogP contribution in [0.15, 0.2) is 30.5 Å². The maximum Gasteiger partial charge on any atom is 0.146 e. The van der Waals surface area contributed by atoms with Gasteiger partial charge in [0.2, 0.25) is 0 Å². The van der Waals surface area contributed by atoms with Crippen molar-refractivity contribution in [1.82, 2.24) is 9.78 Å². The first kappa shape index (κ1) is 11.3. The van der Waals surface area contributed by atoms with Crippen LogP contribution in [0.25, 0.3) is 0 Å². The molecule has 3 rings (SSSR count). The zero-order valence-electron chi connectivity index (χ0n) is 10.4. The lowest BCUT2D eigenvalue weighted by Gasteiger charge is -2.24. The third kappa shape index (κ3) is 1.88. The Balaban J connectivity index is 1.89. The molecule has 1 heterocycles. The van der Waals surface area contributed by atoms with Gasteiger partial charge in [0.1, 0.15) is 5.82 Å². The molecule has 18 heavy (non-hydrogen) atoms. The Hall–Kier alpha value is -1.84. The minimum absolute atomic E-state index is 0.166. The number of anilines is 1. The van der Waals surface area contributed by atoms with Crippen LogP contribution < -0.4 is 5.32 Å². The van der Waals surface area contributed by atoms with Crippen LogP contribution in [-0.2, 0) is 13.5 Å². The first-order chi connectivity index (χ1) is 8.75. The van der Waals surface area contributed by atoms with E-state index >= 15 is 0 Å². The van der Waals surface area contributed by atoms with Crippen LogP contribution in [0.1, 0.15) is 30.1 Å². The van der Waals surface area contributed by atoms with Crippen LogP contribution in [0.3, 0.4) is 0 Å². The molecule has 0 amide bonds. The molecule has 1 N–H and O–H groups in total. The van der Waals surface area contributed by atoms with Crippen molar-refractivity contribution >= 4 is 5.69 Å². The van der Waals surface area contributed by atoms with Gasteiger partial charge < -0.3 is 5.32 Å². The van der Waals surface area contributed by atoms with Crippen LogP contribution in [0.4, 0.5) is 10.1 Å². The fourth-order valence-electron chi connectivity index (χ4n) is 2.62. The predicted octanol–water partition coefficient (Wildman–Crippen LogP) is 3.05. The molecule has 94 valence electrons. The van der Waals surface area contributed by atoms with Crippen LogP contribution in [0.5, 0.6) is 0 Å². The largest absolute Gasteiger partial charge is 0.376 e. The van der Waals surface area contributed by atoms with Crippen molar-refractivity contribution in [1.29, 1.82) is 0 Å². The Kier molecular flexibility index (Phi) is 2.78. The zero-order chi connectivity index (χ0) is 12.5. The number of aromatic nitrogens is 2. The monoisotopic (exact) mass is 245 g/mol. The summed E-state index contributed by atoms with van der Waals surface area (Å²) in [6.07, 6.45) is 5.08. The van der Waals surface area contributed by atoms with Crippen molar-refractivity contribution in [2.75, 3.05) is 5.32 Å². The van der Waals surface area contributed by atoms with Crippen LogP contribution >= 0.6 is 0 Å². The maximum atomic E-state index is 13.6. The fraction of sp³-hybridized carbons (Fsp3) is 0.357. The number of nitrogens with zero attached hydrogens (tertiary/aromatic N) is 2. The lowest BCUT2D eigenvalue weighted by Crippen LogP contribution is -2.18. The van der Waals surface area contributed by atoms with Crippen molar-refractivity contribution < 1.29 is 4.39 Å². The lowest BCUT2D eigenvalue weighted by molar-refractivity contribution is 0.564. The van der Waals surface area contributed by atoms with Gasteiger partial charge in [0.05, 0.1) is 17.9 Å². The number of nitrogens with one attached hydrogen (secondary N) is 1. The average Bonchev–Trinajstić information content (AvgIpc) is 2.76. The Bertz CT molecular complexity index is 562. The smallest absolute Gasteiger partial charge is 0.146 e. The van der Waals surface area contributed by atoms with Gasteiger partial charge in [-0.3, -0.25) is 4.68 Å². The Morgan fingerprint density at radius 3 is 3.06 bits per heavy atom. The molecule has 0 radical (unpaired) electrons. The van der Waals surface area contributed by atoms with Gasteiger partial charge in [-0.2, -0.15) is 5.10 Å². The molecule has 1 unspecified atom stereocenters. The molecule has 1 aliphatic carbocycles. The quantitative estimate of drug-likeness (QED) is 0.881. The second-order valence-corrected chi connectivity index (χ2v) is 4.74. The summed E-state index contributed by atoms with van der Waals surface area (Å²) in [6.45, 7) is 0. The third-order valence-electron chi connectivity index (χ3n) is 3.58. The number of fused-ring (bicyclic) bond motifs is 1. The predicted molar refractivity (Wildman–Crippen MR) is 68.9 cm³/mol. The molecule has 0 saturated carbocycles. The normalized spacial score (nSPS) is 18.4. The van der Waals surface area contributed by atoms with Crippen LogP contribution in [0, 0.1) is 5.82 Å². The first-order valence-corrected chi connectivity index (χ1v) is 6.27. The molecule has 0 aliphatic heterocycles. The van der Waals surface area contributed by atoms with Gasteiger partial charge in [-0.25, -0.2) is 4.39 Å². The van der Waals surface area contributed by atoms with Crippen molar-refractivity contribution in [3.05, 3.63) is 47.5 Å². The van der Waals surface area contributed by atoms with Crippen LogP contribution in [0.2, 0.25) is 0 Å². The number of benzene rings is 1. The first-order valence-electron chi connectivity index (χ1n) is 6.27. The van der Waals surface area contributed by atoms with E-state index in [2.05, 4.69) is 10.4 Å². The highest BCUT2D eigenvalue weighted by Gasteiger charge is 2.23.